The fourth-order valence-electron chi connectivity index (χ4n) is 2.12. The van der Waals surface area contributed by atoms with E-state index in [0.717, 1.165) is 25.0 Å². The highest BCUT2D eigenvalue weighted by Crippen LogP contribution is 2.48. The summed E-state index contributed by atoms with van der Waals surface area (Å²) in [6, 6.07) is 1.99. The zero-order valence-electron chi connectivity index (χ0n) is 8.93. The van der Waals surface area contributed by atoms with Gasteiger partial charge >= 0.3 is 0 Å². The molecular weight excluding hydrogens is 217 g/mol. The van der Waals surface area contributed by atoms with Crippen LogP contribution in [0.3, 0.4) is 0 Å². The molecule has 0 amide bonds. The van der Waals surface area contributed by atoms with E-state index >= 15 is 0 Å². The SMILES string of the molecule is CCC(O)(c1ccc(F)c(F)c1F)C1CC1. The Kier molecular flexibility index (Phi) is 2.70. The summed E-state index contributed by atoms with van der Waals surface area (Å²) in [6.07, 6.45) is 1.88. The second kappa shape index (κ2) is 3.77. The van der Waals surface area contributed by atoms with Crippen molar-refractivity contribution >= 4 is 0 Å². The van der Waals surface area contributed by atoms with Crippen molar-refractivity contribution in [2.24, 2.45) is 5.92 Å². The summed E-state index contributed by atoms with van der Waals surface area (Å²) >= 11 is 0. The van der Waals surface area contributed by atoms with Crippen LogP contribution < -0.4 is 0 Å². The topological polar surface area (TPSA) is 20.2 Å². The van der Waals surface area contributed by atoms with Crippen molar-refractivity contribution < 1.29 is 18.3 Å². The third-order valence-corrected chi connectivity index (χ3v) is 3.29. The molecule has 1 atom stereocenters. The van der Waals surface area contributed by atoms with E-state index in [9.17, 15) is 18.3 Å². The maximum atomic E-state index is 13.6. The Morgan fingerprint density at radius 2 is 1.88 bits per heavy atom. The molecule has 2 rings (SSSR count). The minimum absolute atomic E-state index is 0.0446. The molecule has 1 aliphatic carbocycles. The Morgan fingerprint density at radius 3 is 2.38 bits per heavy atom. The van der Waals surface area contributed by atoms with Gasteiger partial charge in [-0.25, -0.2) is 13.2 Å². The first-order valence-corrected chi connectivity index (χ1v) is 5.37. The first kappa shape index (κ1) is 11.5. The van der Waals surface area contributed by atoms with E-state index in [1.807, 2.05) is 0 Å². The average molecular weight is 230 g/mol. The molecule has 1 fully saturated rings. The van der Waals surface area contributed by atoms with Gasteiger partial charge in [-0.1, -0.05) is 13.0 Å². The number of halogens is 3. The molecule has 0 bridgehead atoms. The number of benzene rings is 1. The lowest BCUT2D eigenvalue weighted by atomic mass is 9.86. The quantitative estimate of drug-likeness (QED) is 0.791. The Balaban J connectivity index is 2.50. The van der Waals surface area contributed by atoms with E-state index in [1.54, 1.807) is 6.92 Å². The van der Waals surface area contributed by atoms with Gasteiger partial charge in [0.05, 0.1) is 5.60 Å². The Labute approximate surface area is 91.9 Å². The largest absolute Gasteiger partial charge is 0.385 e. The summed E-state index contributed by atoms with van der Waals surface area (Å²) in [5.41, 5.74) is -1.49. The van der Waals surface area contributed by atoms with Gasteiger partial charge in [0.2, 0.25) is 0 Å². The Bertz CT molecular complexity index is 415. The van der Waals surface area contributed by atoms with Crippen molar-refractivity contribution in [3.8, 4) is 0 Å². The molecule has 4 heteroatoms. The van der Waals surface area contributed by atoms with Crippen LogP contribution in [0.5, 0.6) is 0 Å². The molecule has 0 spiro atoms. The zero-order valence-corrected chi connectivity index (χ0v) is 8.93. The first-order chi connectivity index (χ1) is 7.50. The van der Waals surface area contributed by atoms with Gasteiger partial charge in [-0.2, -0.15) is 0 Å². The van der Waals surface area contributed by atoms with E-state index in [0.29, 0.717) is 6.42 Å². The molecule has 0 saturated heterocycles. The molecule has 1 N–H and O–H groups in total. The molecule has 1 unspecified atom stereocenters. The predicted molar refractivity (Wildman–Crippen MR) is 53.2 cm³/mol. The lowest BCUT2D eigenvalue weighted by Gasteiger charge is -2.27. The highest BCUT2D eigenvalue weighted by Gasteiger charge is 2.45. The fourth-order valence-corrected chi connectivity index (χ4v) is 2.12. The van der Waals surface area contributed by atoms with Crippen molar-refractivity contribution in [3.63, 3.8) is 0 Å². The standard InChI is InChI=1S/C12H13F3O/c1-2-12(16,7-3-4-7)8-5-6-9(13)11(15)10(8)14/h5-7,16H,2-4H2,1H3. The van der Waals surface area contributed by atoms with E-state index in [1.165, 1.54) is 0 Å². The van der Waals surface area contributed by atoms with Gasteiger partial charge in [-0.3, -0.25) is 0 Å². The van der Waals surface area contributed by atoms with Crippen molar-refractivity contribution in [1.29, 1.82) is 0 Å². The summed E-state index contributed by atoms with van der Waals surface area (Å²) in [4.78, 5) is 0. The zero-order chi connectivity index (χ0) is 11.9. The molecule has 1 aromatic carbocycles. The van der Waals surface area contributed by atoms with Crippen LogP contribution in [0.25, 0.3) is 0 Å². The summed E-state index contributed by atoms with van der Waals surface area (Å²) in [7, 11) is 0. The summed E-state index contributed by atoms with van der Waals surface area (Å²) in [6.45, 7) is 1.71. The molecule has 1 saturated carbocycles. The molecule has 0 aromatic heterocycles. The van der Waals surface area contributed by atoms with Crippen molar-refractivity contribution in [1.82, 2.24) is 0 Å². The van der Waals surface area contributed by atoms with Gasteiger partial charge in [0.15, 0.2) is 17.5 Å². The summed E-state index contributed by atoms with van der Waals surface area (Å²) < 4.78 is 39.4. The minimum atomic E-state index is -1.51. The summed E-state index contributed by atoms with van der Waals surface area (Å²) in [5.74, 6) is -4.05. The molecule has 0 radical (unpaired) electrons. The Hall–Kier alpha value is -1.03. The molecule has 88 valence electrons. The van der Waals surface area contributed by atoms with Crippen molar-refractivity contribution in [2.45, 2.75) is 31.8 Å². The van der Waals surface area contributed by atoms with E-state index in [2.05, 4.69) is 0 Å². The maximum absolute atomic E-state index is 13.6. The van der Waals surface area contributed by atoms with E-state index < -0.39 is 23.1 Å². The molecule has 1 nitrogen and oxygen atoms in total. The average Bonchev–Trinajstić information content (AvgIpc) is 3.09. The highest BCUT2D eigenvalue weighted by molar-refractivity contribution is 5.28. The highest BCUT2D eigenvalue weighted by atomic mass is 19.2. The minimum Gasteiger partial charge on any atom is -0.385 e. The van der Waals surface area contributed by atoms with Crippen LogP contribution in [0.15, 0.2) is 12.1 Å². The number of hydrogen-bond acceptors (Lipinski definition) is 1. The predicted octanol–water partition coefficient (Wildman–Crippen LogP) is 3.11. The van der Waals surface area contributed by atoms with E-state index in [-0.39, 0.29) is 11.5 Å². The maximum Gasteiger partial charge on any atom is 0.194 e. The molecule has 0 aliphatic heterocycles. The van der Waals surface area contributed by atoms with Gasteiger partial charge in [0.25, 0.3) is 0 Å². The van der Waals surface area contributed by atoms with Gasteiger partial charge < -0.3 is 5.11 Å². The number of rotatable bonds is 3. The smallest absolute Gasteiger partial charge is 0.194 e. The van der Waals surface area contributed by atoms with Gasteiger partial charge in [0, 0.05) is 5.56 Å². The van der Waals surface area contributed by atoms with Crippen LogP contribution in [-0.4, -0.2) is 5.11 Å². The first-order valence-electron chi connectivity index (χ1n) is 5.37. The van der Waals surface area contributed by atoms with Crippen LogP contribution >= 0.6 is 0 Å². The van der Waals surface area contributed by atoms with Gasteiger partial charge in [0.1, 0.15) is 0 Å². The van der Waals surface area contributed by atoms with Gasteiger partial charge in [-0.15, -0.1) is 0 Å². The second-order valence-electron chi connectivity index (χ2n) is 4.27. The third kappa shape index (κ3) is 1.61. The number of hydrogen-bond donors (Lipinski definition) is 1. The van der Waals surface area contributed by atoms with Gasteiger partial charge in [-0.05, 0) is 31.2 Å². The fraction of sp³-hybridized carbons (Fsp3) is 0.500. The van der Waals surface area contributed by atoms with Crippen molar-refractivity contribution in [3.05, 3.63) is 35.1 Å². The summed E-state index contributed by atoms with van der Waals surface area (Å²) in [5, 5.41) is 10.3. The van der Waals surface area contributed by atoms with Crippen LogP contribution in [0.4, 0.5) is 13.2 Å². The lowest BCUT2D eigenvalue weighted by Crippen LogP contribution is -2.29. The van der Waals surface area contributed by atoms with Crippen molar-refractivity contribution in [2.75, 3.05) is 0 Å². The second-order valence-corrected chi connectivity index (χ2v) is 4.27. The monoisotopic (exact) mass is 230 g/mol. The lowest BCUT2D eigenvalue weighted by molar-refractivity contribution is 0.00478. The normalized spacial score (nSPS) is 19.6. The molecule has 0 heterocycles. The Morgan fingerprint density at radius 1 is 1.25 bits per heavy atom. The van der Waals surface area contributed by atoms with E-state index in [4.69, 9.17) is 0 Å². The third-order valence-electron chi connectivity index (χ3n) is 3.29. The molecule has 1 aromatic rings. The van der Waals surface area contributed by atoms with Crippen LogP contribution in [-0.2, 0) is 5.60 Å². The van der Waals surface area contributed by atoms with Crippen LogP contribution in [0.2, 0.25) is 0 Å². The molecule has 1 aliphatic rings. The van der Waals surface area contributed by atoms with Crippen LogP contribution in [0, 0.1) is 23.4 Å². The molecular formula is C12H13F3O. The molecule has 16 heavy (non-hydrogen) atoms. The van der Waals surface area contributed by atoms with Crippen LogP contribution in [0.1, 0.15) is 31.7 Å². The number of aliphatic hydroxyl groups is 1.